The van der Waals surface area contributed by atoms with Gasteiger partial charge in [-0.05, 0) is 50.1 Å². The SMILES string of the molecule is CCOc1nc(Cl)nc(OC2CCCCC2CC)n1. The summed E-state index contributed by atoms with van der Waals surface area (Å²) in [5.74, 6) is 0.569. The van der Waals surface area contributed by atoms with Gasteiger partial charge in [-0.25, -0.2) is 0 Å². The van der Waals surface area contributed by atoms with E-state index in [0.29, 0.717) is 12.5 Å². The highest BCUT2D eigenvalue weighted by molar-refractivity contribution is 6.28. The molecular weight excluding hydrogens is 266 g/mol. The maximum atomic E-state index is 5.90. The van der Waals surface area contributed by atoms with Crippen molar-refractivity contribution in [3.05, 3.63) is 5.28 Å². The van der Waals surface area contributed by atoms with Crippen LogP contribution in [0.2, 0.25) is 5.28 Å². The van der Waals surface area contributed by atoms with Gasteiger partial charge in [-0.3, -0.25) is 0 Å². The molecule has 0 spiro atoms. The molecule has 1 saturated carbocycles. The molecule has 0 aromatic carbocycles. The van der Waals surface area contributed by atoms with E-state index in [4.69, 9.17) is 21.1 Å². The number of rotatable bonds is 5. The Morgan fingerprint density at radius 3 is 2.58 bits per heavy atom. The van der Waals surface area contributed by atoms with Gasteiger partial charge >= 0.3 is 12.0 Å². The lowest BCUT2D eigenvalue weighted by atomic mass is 9.85. The Balaban J connectivity index is 2.08. The number of hydrogen-bond donors (Lipinski definition) is 0. The van der Waals surface area contributed by atoms with Crippen molar-refractivity contribution in [1.82, 2.24) is 15.0 Å². The summed E-state index contributed by atoms with van der Waals surface area (Å²) in [7, 11) is 0. The minimum absolute atomic E-state index is 0.109. The Kier molecular flexibility index (Phi) is 5.19. The van der Waals surface area contributed by atoms with Crippen LogP contribution in [0.3, 0.4) is 0 Å². The smallest absolute Gasteiger partial charge is 0.324 e. The first-order chi connectivity index (χ1) is 9.22. The van der Waals surface area contributed by atoms with Crippen molar-refractivity contribution in [1.29, 1.82) is 0 Å². The summed E-state index contributed by atoms with van der Waals surface area (Å²) < 4.78 is 11.1. The molecule has 0 amide bonds. The van der Waals surface area contributed by atoms with E-state index >= 15 is 0 Å². The van der Waals surface area contributed by atoms with Gasteiger partial charge in [0.05, 0.1) is 6.61 Å². The fourth-order valence-electron chi connectivity index (χ4n) is 2.49. The average molecular weight is 286 g/mol. The maximum Gasteiger partial charge on any atom is 0.324 e. The molecule has 5 nitrogen and oxygen atoms in total. The molecule has 1 aliphatic carbocycles. The van der Waals surface area contributed by atoms with Crippen LogP contribution in [0.25, 0.3) is 0 Å². The highest BCUT2D eigenvalue weighted by Crippen LogP contribution is 2.29. The maximum absolute atomic E-state index is 5.90. The first-order valence-electron chi connectivity index (χ1n) is 6.94. The van der Waals surface area contributed by atoms with Crippen molar-refractivity contribution in [2.75, 3.05) is 6.61 Å². The van der Waals surface area contributed by atoms with Gasteiger partial charge in [0.1, 0.15) is 6.10 Å². The number of halogens is 1. The number of aromatic nitrogens is 3. The van der Waals surface area contributed by atoms with Crippen molar-refractivity contribution >= 4 is 11.6 Å². The molecule has 106 valence electrons. The first kappa shape index (κ1) is 14.3. The van der Waals surface area contributed by atoms with Gasteiger partial charge < -0.3 is 9.47 Å². The van der Waals surface area contributed by atoms with E-state index in [9.17, 15) is 0 Å². The third kappa shape index (κ3) is 3.93. The van der Waals surface area contributed by atoms with E-state index in [0.717, 1.165) is 12.8 Å². The van der Waals surface area contributed by atoms with Crippen molar-refractivity contribution < 1.29 is 9.47 Å². The fraction of sp³-hybridized carbons (Fsp3) is 0.769. The fourth-order valence-corrected chi connectivity index (χ4v) is 2.64. The van der Waals surface area contributed by atoms with Gasteiger partial charge in [-0.15, -0.1) is 4.98 Å². The van der Waals surface area contributed by atoms with E-state index in [-0.39, 0.29) is 23.4 Å². The molecule has 19 heavy (non-hydrogen) atoms. The summed E-state index contributed by atoms with van der Waals surface area (Å²) >= 11 is 5.85. The van der Waals surface area contributed by atoms with Crippen LogP contribution >= 0.6 is 11.6 Å². The molecule has 0 bridgehead atoms. The summed E-state index contributed by atoms with van der Waals surface area (Å²) in [4.78, 5) is 12.1. The first-order valence-corrected chi connectivity index (χ1v) is 7.31. The molecule has 1 aromatic rings. The molecular formula is C13H20ClN3O2. The molecule has 0 radical (unpaired) electrons. The summed E-state index contributed by atoms with van der Waals surface area (Å²) in [5, 5.41) is 0.109. The minimum atomic E-state index is 0.109. The van der Waals surface area contributed by atoms with Gasteiger partial charge in [-0.2, -0.15) is 9.97 Å². The highest BCUT2D eigenvalue weighted by Gasteiger charge is 2.26. The van der Waals surface area contributed by atoms with E-state index < -0.39 is 0 Å². The van der Waals surface area contributed by atoms with E-state index in [1.54, 1.807) is 0 Å². The zero-order valence-electron chi connectivity index (χ0n) is 11.4. The molecule has 1 fully saturated rings. The predicted octanol–water partition coefficient (Wildman–Crippen LogP) is 3.27. The number of ether oxygens (including phenoxy) is 2. The molecule has 0 aliphatic heterocycles. The Bertz CT molecular complexity index is 417. The predicted molar refractivity (Wildman–Crippen MR) is 72.7 cm³/mol. The zero-order valence-corrected chi connectivity index (χ0v) is 12.2. The van der Waals surface area contributed by atoms with Crippen LogP contribution < -0.4 is 9.47 Å². The lowest BCUT2D eigenvalue weighted by Gasteiger charge is -2.30. The normalized spacial score (nSPS) is 23.1. The minimum Gasteiger partial charge on any atom is -0.464 e. The van der Waals surface area contributed by atoms with Crippen LogP contribution in [0.1, 0.15) is 46.0 Å². The van der Waals surface area contributed by atoms with Crippen molar-refractivity contribution in [2.45, 2.75) is 52.1 Å². The molecule has 0 N–H and O–H groups in total. The number of nitrogens with zero attached hydrogens (tertiary/aromatic N) is 3. The molecule has 1 aromatic heterocycles. The van der Waals surface area contributed by atoms with Crippen molar-refractivity contribution in [3.8, 4) is 12.0 Å². The average Bonchev–Trinajstić information content (AvgIpc) is 2.39. The van der Waals surface area contributed by atoms with Crippen LogP contribution in [0.5, 0.6) is 12.0 Å². The van der Waals surface area contributed by atoms with Crippen LogP contribution in [0.4, 0.5) is 0 Å². The van der Waals surface area contributed by atoms with Crippen LogP contribution in [-0.2, 0) is 0 Å². The van der Waals surface area contributed by atoms with Crippen molar-refractivity contribution in [3.63, 3.8) is 0 Å². The second-order valence-electron chi connectivity index (χ2n) is 4.71. The van der Waals surface area contributed by atoms with E-state index in [1.807, 2.05) is 6.92 Å². The Morgan fingerprint density at radius 2 is 1.84 bits per heavy atom. The molecule has 2 rings (SSSR count). The largest absolute Gasteiger partial charge is 0.464 e. The zero-order chi connectivity index (χ0) is 13.7. The summed E-state index contributed by atoms with van der Waals surface area (Å²) in [6, 6.07) is 0.496. The van der Waals surface area contributed by atoms with Gasteiger partial charge in [0, 0.05) is 0 Å². The van der Waals surface area contributed by atoms with Crippen LogP contribution in [0.15, 0.2) is 0 Å². The lowest BCUT2D eigenvalue weighted by Crippen LogP contribution is -2.30. The van der Waals surface area contributed by atoms with Crippen LogP contribution in [-0.4, -0.2) is 27.7 Å². The summed E-state index contributed by atoms with van der Waals surface area (Å²) in [6.07, 6.45) is 6.01. The highest BCUT2D eigenvalue weighted by atomic mass is 35.5. The Hall–Kier alpha value is -1.10. The molecule has 2 unspecified atom stereocenters. The summed E-state index contributed by atoms with van der Waals surface area (Å²) in [5.41, 5.74) is 0. The van der Waals surface area contributed by atoms with Gasteiger partial charge in [0.2, 0.25) is 5.28 Å². The van der Waals surface area contributed by atoms with Crippen molar-refractivity contribution in [2.24, 2.45) is 5.92 Å². The standard InChI is InChI=1S/C13H20ClN3O2/c1-3-9-7-5-6-8-10(9)19-13-16-11(14)15-12(17-13)18-4-2/h9-10H,3-8H2,1-2H3. The monoisotopic (exact) mass is 285 g/mol. The Morgan fingerprint density at radius 1 is 1.11 bits per heavy atom. The molecule has 0 saturated heterocycles. The number of hydrogen-bond acceptors (Lipinski definition) is 5. The van der Waals surface area contributed by atoms with E-state index in [2.05, 4.69) is 21.9 Å². The second kappa shape index (κ2) is 6.89. The molecule has 6 heteroatoms. The third-order valence-corrected chi connectivity index (χ3v) is 3.63. The summed E-state index contributed by atoms with van der Waals surface area (Å²) in [6.45, 7) is 4.55. The van der Waals surface area contributed by atoms with Crippen LogP contribution in [0, 0.1) is 5.92 Å². The van der Waals surface area contributed by atoms with E-state index in [1.165, 1.54) is 19.3 Å². The topological polar surface area (TPSA) is 57.1 Å². The van der Waals surface area contributed by atoms with Gasteiger partial charge in [0.15, 0.2) is 0 Å². The molecule has 2 atom stereocenters. The molecule has 1 aliphatic rings. The third-order valence-electron chi connectivity index (χ3n) is 3.46. The van der Waals surface area contributed by atoms with Gasteiger partial charge in [-0.1, -0.05) is 13.3 Å². The second-order valence-corrected chi connectivity index (χ2v) is 5.05. The lowest BCUT2D eigenvalue weighted by molar-refractivity contribution is 0.0795. The molecule has 1 heterocycles. The van der Waals surface area contributed by atoms with Gasteiger partial charge in [0.25, 0.3) is 0 Å². The Labute approximate surface area is 118 Å². The quantitative estimate of drug-likeness (QED) is 0.831.